The number of alkyl halides is 6. The number of rotatable bonds is 5. The summed E-state index contributed by atoms with van der Waals surface area (Å²) in [5, 5.41) is 15.4. The number of carboxylic acid groups (broad SMARTS) is 1. The molecule has 2 atom stereocenters. The predicted molar refractivity (Wildman–Crippen MR) is 143 cm³/mol. The average Bonchev–Trinajstić information content (AvgIpc) is 2.84. The highest BCUT2D eigenvalue weighted by Gasteiger charge is 2.37. The third-order valence-electron chi connectivity index (χ3n) is 5.95. The van der Waals surface area contributed by atoms with Crippen LogP contribution < -0.4 is 16.0 Å². The maximum absolute atomic E-state index is 13.2. The van der Waals surface area contributed by atoms with Crippen molar-refractivity contribution in [2.24, 2.45) is 0 Å². The van der Waals surface area contributed by atoms with Crippen molar-refractivity contribution in [3.63, 3.8) is 0 Å². The van der Waals surface area contributed by atoms with E-state index in [1.54, 1.807) is 0 Å². The molecule has 2 aromatic rings. The zero-order valence-corrected chi connectivity index (χ0v) is 23.5. The molecule has 4 N–H and O–H groups in total. The number of halogens is 10. The summed E-state index contributed by atoms with van der Waals surface area (Å²) in [4.78, 5) is 25.0. The zero-order valence-electron chi connectivity index (χ0n) is 19.7. The van der Waals surface area contributed by atoms with Crippen LogP contribution in [0.2, 0.25) is 20.1 Å². The molecule has 0 saturated heterocycles. The van der Waals surface area contributed by atoms with Crippen LogP contribution >= 0.6 is 58.6 Å². The topological polar surface area (TPSA) is 90.5 Å². The molecule has 0 aromatic heterocycles. The lowest BCUT2D eigenvalue weighted by Gasteiger charge is -2.34. The molecule has 1 saturated carbocycles. The fourth-order valence-electron chi connectivity index (χ4n) is 4.13. The normalized spacial score (nSPS) is 17.8. The van der Waals surface area contributed by atoms with Crippen LogP contribution in [-0.4, -0.2) is 34.2 Å². The number of thiocarbonyl (C=S) groups is 1. The molecule has 6 nitrogen and oxygen atoms in total. The number of nitrogens with one attached hydrogen (secondary N) is 3. The van der Waals surface area contributed by atoms with E-state index in [-0.39, 0.29) is 21.2 Å². The Morgan fingerprint density at radius 2 is 1.23 bits per heavy atom. The van der Waals surface area contributed by atoms with Crippen molar-refractivity contribution in [1.29, 1.82) is 0 Å². The molecule has 1 amide bonds. The lowest BCUT2D eigenvalue weighted by molar-refractivity contribution is -0.143. The van der Waals surface area contributed by atoms with Gasteiger partial charge < -0.3 is 21.1 Å². The van der Waals surface area contributed by atoms with E-state index in [2.05, 4.69) is 16.0 Å². The van der Waals surface area contributed by atoms with Crippen LogP contribution in [0.15, 0.2) is 18.2 Å². The largest absolute Gasteiger partial charge is 0.478 e. The first-order valence-corrected chi connectivity index (χ1v) is 13.1. The van der Waals surface area contributed by atoms with Crippen LogP contribution in [0.4, 0.5) is 32.0 Å². The number of amides is 1. The minimum Gasteiger partial charge on any atom is -0.478 e. The molecule has 1 fully saturated rings. The van der Waals surface area contributed by atoms with Crippen molar-refractivity contribution >= 4 is 81.3 Å². The number of hydrogen-bond donors (Lipinski definition) is 4. The zero-order chi connectivity index (χ0) is 30.2. The molecule has 0 bridgehead atoms. The Morgan fingerprint density at radius 3 is 1.68 bits per heavy atom. The fourth-order valence-corrected chi connectivity index (χ4v) is 5.41. The van der Waals surface area contributed by atoms with Crippen LogP contribution in [0.3, 0.4) is 0 Å². The molecule has 1 aliphatic rings. The highest BCUT2D eigenvalue weighted by atomic mass is 35.5. The minimum absolute atomic E-state index is 0.0137. The van der Waals surface area contributed by atoms with Gasteiger partial charge in [-0.25, -0.2) is 4.79 Å². The molecule has 40 heavy (non-hydrogen) atoms. The molecule has 218 valence electrons. The summed E-state index contributed by atoms with van der Waals surface area (Å²) in [6.45, 7) is 0. The second-order valence-electron chi connectivity index (χ2n) is 8.68. The Kier molecular flexibility index (Phi) is 9.99. The summed E-state index contributed by atoms with van der Waals surface area (Å²) >= 11 is 29.2. The molecule has 2 unspecified atom stereocenters. The molecule has 3 rings (SSSR count). The van der Waals surface area contributed by atoms with Crippen LogP contribution in [0, 0.1) is 0 Å². The number of hydrogen-bond acceptors (Lipinski definition) is 3. The van der Waals surface area contributed by atoms with E-state index in [4.69, 9.17) is 58.6 Å². The van der Waals surface area contributed by atoms with Gasteiger partial charge in [-0.2, -0.15) is 26.3 Å². The third kappa shape index (κ3) is 7.35. The van der Waals surface area contributed by atoms with Crippen molar-refractivity contribution in [2.75, 3.05) is 5.32 Å². The molecule has 0 radical (unpaired) electrons. The van der Waals surface area contributed by atoms with E-state index in [0.29, 0.717) is 37.8 Å². The quantitative estimate of drug-likeness (QED) is 0.111. The van der Waals surface area contributed by atoms with Crippen molar-refractivity contribution in [2.45, 2.75) is 50.1 Å². The molecule has 2 aromatic carbocycles. The molecule has 1 aliphatic carbocycles. The standard InChI is InChI=1S/C23H17Cl4F6N3O3S/c24-15-13(14(20(38)39)16(25)18(27)17(15)26)19(37)35-11-3-1-2-4-12(11)36-21(40)34-10-6-8(22(28,29)30)5-9(7-10)23(31,32)33/h5-7,11-12H,1-4H2,(H,35,37)(H,38,39)(H2,34,36,40). The maximum atomic E-state index is 13.2. The maximum Gasteiger partial charge on any atom is 0.416 e. The van der Waals surface area contributed by atoms with Gasteiger partial charge in [0.25, 0.3) is 5.91 Å². The first kappa shape index (κ1) is 32.3. The summed E-state index contributed by atoms with van der Waals surface area (Å²) < 4.78 is 79.1. The van der Waals surface area contributed by atoms with Gasteiger partial charge in [0.1, 0.15) is 0 Å². The highest BCUT2D eigenvalue weighted by Crippen LogP contribution is 2.42. The molecular weight excluding hydrogens is 654 g/mol. The number of aromatic carboxylic acids is 1. The van der Waals surface area contributed by atoms with Crippen molar-refractivity contribution in [3.8, 4) is 0 Å². The summed E-state index contributed by atoms with van der Waals surface area (Å²) in [5.41, 5.74) is -4.83. The second-order valence-corrected chi connectivity index (χ2v) is 10.6. The third-order valence-corrected chi connectivity index (χ3v) is 7.97. The van der Waals surface area contributed by atoms with E-state index in [1.165, 1.54) is 0 Å². The van der Waals surface area contributed by atoms with Gasteiger partial charge in [0.15, 0.2) is 5.11 Å². The predicted octanol–water partition coefficient (Wildman–Crippen LogP) is 8.06. The number of carboxylic acids is 1. The van der Waals surface area contributed by atoms with E-state index in [9.17, 15) is 41.0 Å². The first-order valence-electron chi connectivity index (χ1n) is 11.2. The lowest BCUT2D eigenvalue weighted by atomic mass is 9.90. The summed E-state index contributed by atoms with van der Waals surface area (Å²) in [6, 6.07) is -0.408. The minimum atomic E-state index is -5.05. The summed E-state index contributed by atoms with van der Waals surface area (Å²) in [7, 11) is 0. The SMILES string of the molecule is O=C(O)c1c(Cl)c(Cl)c(Cl)c(Cl)c1C(=O)NC1CCCCC1NC(=S)Nc1cc(C(F)(F)F)cc(C(F)(F)F)c1. The number of anilines is 1. The van der Waals surface area contributed by atoms with Crippen molar-refractivity contribution in [1.82, 2.24) is 10.6 Å². The van der Waals surface area contributed by atoms with Crippen molar-refractivity contribution < 1.29 is 41.0 Å². The van der Waals surface area contributed by atoms with Crippen LogP contribution in [0.1, 0.15) is 57.5 Å². The van der Waals surface area contributed by atoms with Gasteiger partial charge in [-0.3, -0.25) is 4.79 Å². The van der Waals surface area contributed by atoms with E-state index < -0.39 is 74.3 Å². The lowest BCUT2D eigenvalue weighted by Crippen LogP contribution is -2.54. The molecule has 17 heteroatoms. The van der Waals surface area contributed by atoms with E-state index >= 15 is 0 Å². The number of carbonyl (C=O) groups is 2. The second kappa shape index (κ2) is 12.4. The Morgan fingerprint density at radius 1 is 0.775 bits per heavy atom. The van der Waals surface area contributed by atoms with Gasteiger partial charge in [-0.1, -0.05) is 59.2 Å². The Balaban J connectivity index is 1.83. The Bertz CT molecular complexity index is 1320. The average molecular weight is 671 g/mol. The van der Waals surface area contributed by atoms with Gasteiger partial charge >= 0.3 is 18.3 Å². The van der Waals surface area contributed by atoms with Gasteiger partial charge in [-0.15, -0.1) is 0 Å². The van der Waals surface area contributed by atoms with E-state index in [0.717, 1.165) is 0 Å². The summed E-state index contributed by atoms with van der Waals surface area (Å²) in [5.74, 6) is -2.55. The summed E-state index contributed by atoms with van der Waals surface area (Å²) in [6.07, 6.45) is -8.06. The van der Waals surface area contributed by atoms with Crippen molar-refractivity contribution in [3.05, 3.63) is 60.5 Å². The molecule has 0 spiro atoms. The monoisotopic (exact) mass is 669 g/mol. The molecule has 0 aliphatic heterocycles. The smallest absolute Gasteiger partial charge is 0.416 e. The van der Waals surface area contributed by atoms with Crippen LogP contribution in [-0.2, 0) is 12.4 Å². The highest BCUT2D eigenvalue weighted by molar-refractivity contribution is 7.80. The number of carbonyl (C=O) groups excluding carboxylic acids is 1. The molecule has 0 heterocycles. The molecular formula is C23H17Cl4F6N3O3S. The first-order chi connectivity index (χ1) is 18.4. The van der Waals surface area contributed by atoms with Gasteiger partial charge in [0.2, 0.25) is 0 Å². The Hall–Kier alpha value is -2.19. The number of benzene rings is 2. The Labute approximate surface area is 248 Å². The fraction of sp³-hybridized carbons (Fsp3) is 0.348. The van der Waals surface area contributed by atoms with E-state index in [1.807, 2.05) is 0 Å². The van der Waals surface area contributed by atoms with Gasteiger partial charge in [0.05, 0.1) is 42.3 Å². The van der Waals surface area contributed by atoms with Gasteiger partial charge in [0, 0.05) is 17.8 Å². The van der Waals surface area contributed by atoms with Crippen LogP contribution in [0.5, 0.6) is 0 Å². The van der Waals surface area contributed by atoms with Crippen LogP contribution in [0.25, 0.3) is 0 Å². The van der Waals surface area contributed by atoms with Gasteiger partial charge in [-0.05, 0) is 43.3 Å².